The minimum Gasteiger partial charge on any atom is -0.478 e. The number of carbonyl (C=O) groups excluding carboxylic acids is 1. The molecule has 2 aromatic heterocycles. The van der Waals surface area contributed by atoms with Crippen LogP contribution in [0.4, 0.5) is 0 Å². The SMILES string of the molecule is CCNC(=O)c1cc(Oc2cnccc2C(=O)O)ccn1. The van der Waals surface area contributed by atoms with Crippen molar-refractivity contribution >= 4 is 11.9 Å². The van der Waals surface area contributed by atoms with Crippen LogP contribution in [0.25, 0.3) is 0 Å². The third-order valence-electron chi connectivity index (χ3n) is 2.54. The van der Waals surface area contributed by atoms with Gasteiger partial charge in [0.05, 0.1) is 6.20 Å². The van der Waals surface area contributed by atoms with Crippen molar-refractivity contribution in [3.05, 3.63) is 48.0 Å². The molecule has 0 aliphatic rings. The first-order valence-corrected chi connectivity index (χ1v) is 6.21. The van der Waals surface area contributed by atoms with E-state index in [1.807, 2.05) is 0 Å². The van der Waals surface area contributed by atoms with E-state index in [4.69, 9.17) is 9.84 Å². The number of aromatic nitrogens is 2. The van der Waals surface area contributed by atoms with Crippen LogP contribution >= 0.6 is 0 Å². The summed E-state index contributed by atoms with van der Waals surface area (Å²) in [6, 6.07) is 4.30. The second-order valence-electron chi connectivity index (χ2n) is 4.02. The fourth-order valence-corrected chi connectivity index (χ4v) is 1.61. The highest BCUT2D eigenvalue weighted by molar-refractivity contribution is 5.92. The van der Waals surface area contributed by atoms with Crippen molar-refractivity contribution in [3.63, 3.8) is 0 Å². The quantitative estimate of drug-likeness (QED) is 0.868. The average Bonchev–Trinajstić information content (AvgIpc) is 2.48. The summed E-state index contributed by atoms with van der Waals surface area (Å²) in [6.07, 6.45) is 4.08. The van der Waals surface area contributed by atoms with Gasteiger partial charge in [0.1, 0.15) is 17.0 Å². The molecule has 0 aromatic carbocycles. The van der Waals surface area contributed by atoms with Crippen LogP contribution in [0.3, 0.4) is 0 Å². The first-order valence-electron chi connectivity index (χ1n) is 6.21. The Labute approximate surface area is 120 Å². The lowest BCUT2D eigenvalue weighted by Crippen LogP contribution is -2.23. The van der Waals surface area contributed by atoms with E-state index in [2.05, 4.69) is 15.3 Å². The lowest BCUT2D eigenvalue weighted by molar-refractivity contribution is 0.0693. The molecule has 0 spiro atoms. The van der Waals surface area contributed by atoms with Gasteiger partial charge in [-0.05, 0) is 19.1 Å². The number of amides is 1. The summed E-state index contributed by atoms with van der Waals surface area (Å²) in [5.74, 6) is -1.04. The topological polar surface area (TPSA) is 101 Å². The Morgan fingerprint density at radius 1 is 1.33 bits per heavy atom. The van der Waals surface area contributed by atoms with E-state index in [-0.39, 0.29) is 22.9 Å². The van der Waals surface area contributed by atoms with Crippen LogP contribution in [0.5, 0.6) is 11.5 Å². The number of rotatable bonds is 5. The molecule has 1 amide bonds. The zero-order valence-corrected chi connectivity index (χ0v) is 11.2. The van der Waals surface area contributed by atoms with Gasteiger partial charge in [0, 0.05) is 25.0 Å². The molecule has 2 N–H and O–H groups in total. The van der Waals surface area contributed by atoms with E-state index in [0.29, 0.717) is 12.3 Å². The number of aromatic carboxylic acids is 1. The van der Waals surface area contributed by atoms with Gasteiger partial charge < -0.3 is 15.2 Å². The van der Waals surface area contributed by atoms with Gasteiger partial charge in [-0.15, -0.1) is 0 Å². The maximum Gasteiger partial charge on any atom is 0.339 e. The van der Waals surface area contributed by atoms with Crippen molar-refractivity contribution in [1.82, 2.24) is 15.3 Å². The third-order valence-corrected chi connectivity index (χ3v) is 2.54. The molecule has 0 saturated heterocycles. The van der Waals surface area contributed by atoms with Gasteiger partial charge in [0.15, 0.2) is 5.75 Å². The molecule has 7 nitrogen and oxygen atoms in total. The smallest absolute Gasteiger partial charge is 0.339 e. The van der Waals surface area contributed by atoms with Crippen LogP contribution in [0.1, 0.15) is 27.8 Å². The Morgan fingerprint density at radius 2 is 2.14 bits per heavy atom. The van der Waals surface area contributed by atoms with Gasteiger partial charge in [-0.2, -0.15) is 0 Å². The maximum absolute atomic E-state index is 11.7. The van der Waals surface area contributed by atoms with Crippen molar-refractivity contribution in [3.8, 4) is 11.5 Å². The summed E-state index contributed by atoms with van der Waals surface area (Å²) in [7, 11) is 0. The second-order valence-corrected chi connectivity index (χ2v) is 4.02. The first kappa shape index (κ1) is 14.4. The number of carbonyl (C=O) groups is 2. The summed E-state index contributed by atoms with van der Waals surface area (Å²) in [4.78, 5) is 30.5. The van der Waals surface area contributed by atoms with Gasteiger partial charge in [0.25, 0.3) is 5.91 Å². The zero-order chi connectivity index (χ0) is 15.2. The maximum atomic E-state index is 11.7. The van der Waals surface area contributed by atoms with Crippen LogP contribution in [0, 0.1) is 0 Å². The van der Waals surface area contributed by atoms with E-state index in [1.165, 1.54) is 36.8 Å². The molecule has 0 unspecified atom stereocenters. The molecule has 21 heavy (non-hydrogen) atoms. The van der Waals surface area contributed by atoms with E-state index in [9.17, 15) is 9.59 Å². The number of carboxylic acid groups (broad SMARTS) is 1. The van der Waals surface area contributed by atoms with Gasteiger partial charge in [-0.3, -0.25) is 14.8 Å². The Hall–Kier alpha value is -2.96. The van der Waals surface area contributed by atoms with Crippen LogP contribution < -0.4 is 10.1 Å². The molecule has 7 heteroatoms. The minimum atomic E-state index is -1.12. The molecule has 0 aliphatic heterocycles. The lowest BCUT2D eigenvalue weighted by Gasteiger charge is -2.08. The van der Waals surface area contributed by atoms with Crippen LogP contribution in [-0.4, -0.2) is 33.5 Å². The normalized spacial score (nSPS) is 9.95. The fourth-order valence-electron chi connectivity index (χ4n) is 1.61. The van der Waals surface area contributed by atoms with Crippen molar-refractivity contribution in [2.24, 2.45) is 0 Å². The van der Waals surface area contributed by atoms with Gasteiger partial charge in [0.2, 0.25) is 0 Å². The van der Waals surface area contributed by atoms with E-state index >= 15 is 0 Å². The minimum absolute atomic E-state index is 0.0126. The number of pyridine rings is 2. The van der Waals surface area contributed by atoms with Gasteiger partial charge in [-0.1, -0.05) is 0 Å². The predicted octanol–water partition coefficient (Wildman–Crippen LogP) is 1.72. The number of nitrogens with zero attached hydrogens (tertiary/aromatic N) is 2. The predicted molar refractivity (Wildman–Crippen MR) is 73.5 cm³/mol. The molecule has 0 bridgehead atoms. The van der Waals surface area contributed by atoms with Crippen molar-refractivity contribution < 1.29 is 19.4 Å². The molecule has 2 rings (SSSR count). The number of hydrogen-bond acceptors (Lipinski definition) is 5. The second kappa shape index (κ2) is 6.47. The molecular weight excluding hydrogens is 274 g/mol. The van der Waals surface area contributed by atoms with Crippen LogP contribution in [0.2, 0.25) is 0 Å². The molecule has 0 saturated carbocycles. The number of hydrogen-bond donors (Lipinski definition) is 2. The fraction of sp³-hybridized carbons (Fsp3) is 0.143. The Bertz CT molecular complexity index is 673. The molecular formula is C14H13N3O4. The Morgan fingerprint density at radius 3 is 2.86 bits per heavy atom. The zero-order valence-electron chi connectivity index (χ0n) is 11.2. The monoisotopic (exact) mass is 287 g/mol. The van der Waals surface area contributed by atoms with Gasteiger partial charge >= 0.3 is 5.97 Å². The molecule has 2 aromatic rings. The van der Waals surface area contributed by atoms with Crippen molar-refractivity contribution in [2.45, 2.75) is 6.92 Å². The Balaban J connectivity index is 2.26. The summed E-state index contributed by atoms with van der Waals surface area (Å²) in [5.41, 5.74) is 0.177. The number of carboxylic acids is 1. The Kier molecular flexibility index (Phi) is 4.45. The molecule has 0 aliphatic carbocycles. The largest absolute Gasteiger partial charge is 0.478 e. The summed E-state index contributed by atoms with van der Waals surface area (Å²) in [6.45, 7) is 2.28. The molecule has 108 valence electrons. The molecule has 2 heterocycles. The van der Waals surface area contributed by atoms with Crippen molar-refractivity contribution in [1.29, 1.82) is 0 Å². The summed E-state index contributed by atoms with van der Waals surface area (Å²) < 4.78 is 5.48. The summed E-state index contributed by atoms with van der Waals surface area (Å²) >= 11 is 0. The summed E-state index contributed by atoms with van der Waals surface area (Å²) in [5, 5.41) is 11.7. The lowest BCUT2D eigenvalue weighted by atomic mass is 10.2. The molecule has 0 radical (unpaired) electrons. The number of ether oxygens (including phenoxy) is 1. The van der Waals surface area contributed by atoms with Crippen LogP contribution in [-0.2, 0) is 0 Å². The molecule has 0 atom stereocenters. The number of nitrogens with one attached hydrogen (secondary N) is 1. The van der Waals surface area contributed by atoms with E-state index in [0.717, 1.165) is 0 Å². The highest BCUT2D eigenvalue weighted by atomic mass is 16.5. The van der Waals surface area contributed by atoms with Crippen LogP contribution in [0.15, 0.2) is 36.8 Å². The van der Waals surface area contributed by atoms with E-state index in [1.54, 1.807) is 6.92 Å². The van der Waals surface area contributed by atoms with E-state index < -0.39 is 5.97 Å². The van der Waals surface area contributed by atoms with Gasteiger partial charge in [-0.25, -0.2) is 4.79 Å². The third kappa shape index (κ3) is 3.53. The standard InChI is InChI=1S/C14H13N3O4/c1-2-16-13(18)11-7-9(3-6-17-11)21-12-8-15-5-4-10(12)14(19)20/h3-8H,2H2,1H3,(H,16,18)(H,19,20). The highest BCUT2D eigenvalue weighted by Gasteiger charge is 2.13. The average molecular weight is 287 g/mol. The highest BCUT2D eigenvalue weighted by Crippen LogP contribution is 2.24. The first-order chi connectivity index (χ1) is 10.1. The van der Waals surface area contributed by atoms with Crippen molar-refractivity contribution in [2.75, 3.05) is 6.54 Å². The molecule has 0 fully saturated rings.